The Morgan fingerprint density at radius 2 is 2.00 bits per heavy atom. The standard InChI is InChI=1S/C22H27N5O3/c1-15-19(16(2)30-24-15)11-12-20(28)26-13-7-8-17(14-26)21-23-25(3)22(29)27(21)18-9-5-4-6-10-18/h4-6,9-10,17H,7-8,11-14H2,1-3H3. The van der Waals surface area contributed by atoms with E-state index in [0.717, 1.165) is 47.9 Å². The first-order chi connectivity index (χ1) is 14.5. The number of carbonyl (C=O) groups excluding carboxylic acids is 1. The van der Waals surface area contributed by atoms with Gasteiger partial charge in [-0.25, -0.2) is 14.0 Å². The third-order valence-electron chi connectivity index (χ3n) is 5.87. The van der Waals surface area contributed by atoms with Gasteiger partial charge in [0, 0.05) is 38.0 Å². The minimum atomic E-state index is -0.168. The van der Waals surface area contributed by atoms with Crippen LogP contribution < -0.4 is 5.69 Å². The van der Waals surface area contributed by atoms with Crippen molar-refractivity contribution in [3.8, 4) is 5.69 Å². The molecule has 3 heterocycles. The molecule has 1 aromatic carbocycles. The number of nitrogens with zero attached hydrogens (tertiary/aromatic N) is 5. The normalized spacial score (nSPS) is 16.8. The predicted molar refractivity (Wildman–Crippen MR) is 112 cm³/mol. The maximum atomic E-state index is 12.9. The largest absolute Gasteiger partial charge is 0.361 e. The van der Waals surface area contributed by atoms with Crippen molar-refractivity contribution >= 4 is 5.91 Å². The molecule has 8 heteroatoms. The quantitative estimate of drug-likeness (QED) is 0.646. The average Bonchev–Trinajstić information content (AvgIpc) is 3.25. The summed E-state index contributed by atoms with van der Waals surface area (Å²) in [6.07, 6.45) is 2.83. The van der Waals surface area contributed by atoms with Gasteiger partial charge in [0.1, 0.15) is 11.6 Å². The summed E-state index contributed by atoms with van der Waals surface area (Å²) in [6.45, 7) is 5.08. The van der Waals surface area contributed by atoms with Gasteiger partial charge >= 0.3 is 5.69 Å². The highest BCUT2D eigenvalue weighted by Crippen LogP contribution is 2.27. The molecule has 0 bridgehead atoms. The van der Waals surface area contributed by atoms with Crippen LogP contribution >= 0.6 is 0 Å². The number of amides is 1. The van der Waals surface area contributed by atoms with Crippen molar-refractivity contribution in [3.05, 3.63) is 63.7 Å². The van der Waals surface area contributed by atoms with Crippen LogP contribution in [0.4, 0.5) is 0 Å². The van der Waals surface area contributed by atoms with E-state index in [0.29, 0.717) is 19.4 Å². The molecule has 0 radical (unpaired) electrons. The molecule has 0 spiro atoms. The molecular weight excluding hydrogens is 382 g/mol. The number of hydrogen-bond donors (Lipinski definition) is 0. The molecule has 1 amide bonds. The predicted octanol–water partition coefficient (Wildman–Crippen LogP) is 2.51. The first kappa shape index (κ1) is 20.1. The van der Waals surface area contributed by atoms with Crippen molar-refractivity contribution in [2.24, 2.45) is 7.05 Å². The van der Waals surface area contributed by atoms with Gasteiger partial charge in [0.05, 0.1) is 11.4 Å². The van der Waals surface area contributed by atoms with Gasteiger partial charge in [0.2, 0.25) is 5.91 Å². The van der Waals surface area contributed by atoms with Crippen LogP contribution in [-0.2, 0) is 18.3 Å². The van der Waals surface area contributed by atoms with Gasteiger partial charge in [0.25, 0.3) is 0 Å². The van der Waals surface area contributed by atoms with Gasteiger partial charge in [-0.15, -0.1) is 0 Å². The van der Waals surface area contributed by atoms with E-state index in [-0.39, 0.29) is 17.5 Å². The van der Waals surface area contributed by atoms with E-state index in [1.54, 1.807) is 11.6 Å². The van der Waals surface area contributed by atoms with E-state index in [1.807, 2.05) is 49.1 Å². The summed E-state index contributed by atoms with van der Waals surface area (Å²) in [5, 5.41) is 8.49. The highest BCUT2D eigenvalue weighted by molar-refractivity contribution is 5.76. The summed E-state index contributed by atoms with van der Waals surface area (Å²) < 4.78 is 8.24. The molecular formula is C22H27N5O3. The highest BCUT2D eigenvalue weighted by Gasteiger charge is 2.29. The molecule has 1 saturated heterocycles. The molecule has 30 heavy (non-hydrogen) atoms. The van der Waals surface area contributed by atoms with Crippen LogP contribution in [-0.4, -0.2) is 43.4 Å². The Morgan fingerprint density at radius 1 is 1.23 bits per heavy atom. The molecule has 1 atom stereocenters. The minimum absolute atomic E-state index is 0.0240. The molecule has 2 aromatic heterocycles. The molecule has 158 valence electrons. The van der Waals surface area contributed by atoms with E-state index in [1.165, 1.54) is 4.68 Å². The van der Waals surface area contributed by atoms with Crippen molar-refractivity contribution < 1.29 is 9.32 Å². The number of aryl methyl sites for hydroxylation is 3. The molecule has 1 unspecified atom stereocenters. The van der Waals surface area contributed by atoms with Gasteiger partial charge in [-0.2, -0.15) is 5.10 Å². The number of benzene rings is 1. The Balaban J connectivity index is 1.51. The second-order valence-electron chi connectivity index (χ2n) is 7.92. The van der Waals surface area contributed by atoms with Crippen LogP contribution in [0, 0.1) is 13.8 Å². The SMILES string of the molecule is Cc1noc(C)c1CCC(=O)N1CCCC(c2nn(C)c(=O)n2-c2ccccc2)C1. The van der Waals surface area contributed by atoms with Crippen LogP contribution in [0.3, 0.4) is 0 Å². The molecule has 0 N–H and O–H groups in total. The fourth-order valence-electron chi connectivity index (χ4n) is 4.23. The third kappa shape index (κ3) is 3.81. The Morgan fingerprint density at radius 3 is 2.70 bits per heavy atom. The molecule has 1 aliphatic rings. The molecule has 3 aromatic rings. The average molecular weight is 409 g/mol. The van der Waals surface area contributed by atoms with E-state index in [2.05, 4.69) is 10.3 Å². The zero-order chi connectivity index (χ0) is 21.3. The zero-order valence-electron chi connectivity index (χ0n) is 17.7. The van der Waals surface area contributed by atoms with Crippen molar-refractivity contribution in [2.75, 3.05) is 13.1 Å². The number of rotatable bonds is 5. The van der Waals surface area contributed by atoms with Crippen molar-refractivity contribution in [1.29, 1.82) is 0 Å². The van der Waals surface area contributed by atoms with E-state index in [4.69, 9.17) is 4.52 Å². The number of aromatic nitrogens is 4. The lowest BCUT2D eigenvalue weighted by atomic mass is 9.96. The Kier molecular flexibility index (Phi) is 5.57. The summed E-state index contributed by atoms with van der Waals surface area (Å²) in [5.41, 5.74) is 2.49. The highest BCUT2D eigenvalue weighted by atomic mass is 16.5. The summed E-state index contributed by atoms with van der Waals surface area (Å²) in [5.74, 6) is 1.63. The van der Waals surface area contributed by atoms with Crippen molar-refractivity contribution in [3.63, 3.8) is 0 Å². The topological polar surface area (TPSA) is 86.2 Å². The summed E-state index contributed by atoms with van der Waals surface area (Å²) >= 11 is 0. The maximum absolute atomic E-state index is 12.9. The van der Waals surface area contributed by atoms with Gasteiger partial charge in [-0.3, -0.25) is 4.79 Å². The number of hydrogen-bond acceptors (Lipinski definition) is 5. The summed E-state index contributed by atoms with van der Waals surface area (Å²) in [7, 11) is 1.67. The van der Waals surface area contributed by atoms with Crippen LogP contribution in [0.25, 0.3) is 5.69 Å². The number of likely N-dealkylation sites (tertiary alicyclic amines) is 1. The number of para-hydroxylation sites is 1. The van der Waals surface area contributed by atoms with E-state index < -0.39 is 0 Å². The van der Waals surface area contributed by atoms with E-state index in [9.17, 15) is 9.59 Å². The maximum Gasteiger partial charge on any atom is 0.350 e. The second kappa shape index (κ2) is 8.30. The molecule has 8 nitrogen and oxygen atoms in total. The van der Waals surface area contributed by atoms with Gasteiger partial charge in [0.15, 0.2) is 0 Å². The van der Waals surface area contributed by atoms with Crippen molar-refractivity contribution in [1.82, 2.24) is 24.4 Å². The second-order valence-corrected chi connectivity index (χ2v) is 7.92. The molecule has 1 fully saturated rings. The lowest BCUT2D eigenvalue weighted by molar-refractivity contribution is -0.132. The summed E-state index contributed by atoms with van der Waals surface area (Å²) in [4.78, 5) is 27.5. The van der Waals surface area contributed by atoms with Crippen LogP contribution in [0.1, 0.15) is 48.0 Å². The molecule has 4 rings (SSSR count). The third-order valence-corrected chi connectivity index (χ3v) is 5.87. The number of piperidine rings is 1. The smallest absolute Gasteiger partial charge is 0.350 e. The Labute approximate surface area is 175 Å². The molecule has 0 aliphatic carbocycles. The monoisotopic (exact) mass is 409 g/mol. The first-order valence-corrected chi connectivity index (χ1v) is 10.4. The Hall–Kier alpha value is -3.16. The van der Waals surface area contributed by atoms with Gasteiger partial charge in [-0.05, 0) is 45.2 Å². The lowest BCUT2D eigenvalue weighted by Crippen LogP contribution is -2.40. The van der Waals surface area contributed by atoms with Crippen LogP contribution in [0.5, 0.6) is 0 Å². The van der Waals surface area contributed by atoms with E-state index >= 15 is 0 Å². The first-order valence-electron chi connectivity index (χ1n) is 10.4. The zero-order valence-corrected chi connectivity index (χ0v) is 17.7. The Bertz CT molecular complexity index is 1080. The van der Waals surface area contributed by atoms with Crippen LogP contribution in [0.2, 0.25) is 0 Å². The molecule has 1 aliphatic heterocycles. The fraction of sp³-hybridized carbons (Fsp3) is 0.455. The van der Waals surface area contributed by atoms with Crippen LogP contribution in [0.15, 0.2) is 39.6 Å². The number of carbonyl (C=O) groups is 1. The van der Waals surface area contributed by atoms with Gasteiger partial charge in [-0.1, -0.05) is 23.4 Å². The molecule has 0 saturated carbocycles. The summed E-state index contributed by atoms with van der Waals surface area (Å²) in [6, 6.07) is 9.54. The fourth-order valence-corrected chi connectivity index (χ4v) is 4.23. The minimum Gasteiger partial charge on any atom is -0.361 e. The lowest BCUT2D eigenvalue weighted by Gasteiger charge is -2.32. The van der Waals surface area contributed by atoms with Gasteiger partial charge < -0.3 is 9.42 Å². The van der Waals surface area contributed by atoms with Crippen molar-refractivity contribution in [2.45, 2.75) is 45.4 Å².